The molecule has 2 rings (SSSR count). The van der Waals surface area contributed by atoms with Crippen LogP contribution < -0.4 is 0 Å². The number of carbonyl (C=O) groups excluding carboxylic acids is 1. The van der Waals surface area contributed by atoms with Gasteiger partial charge in [-0.2, -0.15) is 0 Å². The van der Waals surface area contributed by atoms with Gasteiger partial charge in [0.25, 0.3) is 0 Å². The van der Waals surface area contributed by atoms with E-state index in [4.69, 9.17) is 0 Å². The number of methoxy groups -OCH3 is 1. The van der Waals surface area contributed by atoms with Gasteiger partial charge in [-0.1, -0.05) is 12.1 Å². The summed E-state index contributed by atoms with van der Waals surface area (Å²) in [5.41, 5.74) is 1.35. The molecule has 4 heteroatoms. The van der Waals surface area contributed by atoms with Gasteiger partial charge < -0.3 is 9.84 Å². The maximum absolute atomic E-state index is 13.9. The van der Waals surface area contributed by atoms with E-state index < -0.39 is 17.5 Å². The first-order valence-corrected chi connectivity index (χ1v) is 5.83. The molecule has 0 aliphatic heterocycles. The van der Waals surface area contributed by atoms with Crippen molar-refractivity contribution < 1.29 is 19.0 Å². The molecule has 1 N–H and O–H groups in total. The third-order valence-electron chi connectivity index (χ3n) is 3.15. The summed E-state index contributed by atoms with van der Waals surface area (Å²) >= 11 is 0. The van der Waals surface area contributed by atoms with Crippen LogP contribution in [0.1, 0.15) is 25.3 Å². The number of allylic oxidation sites excluding steroid dienone is 1. The van der Waals surface area contributed by atoms with E-state index in [0.29, 0.717) is 16.7 Å². The molecule has 0 heterocycles. The van der Waals surface area contributed by atoms with Crippen LogP contribution in [0.15, 0.2) is 23.8 Å². The average molecular weight is 250 g/mol. The Labute approximate surface area is 105 Å². The fourth-order valence-corrected chi connectivity index (χ4v) is 2.09. The van der Waals surface area contributed by atoms with E-state index >= 15 is 0 Å². The molecule has 1 aliphatic carbocycles. The zero-order chi connectivity index (χ0) is 13.3. The second-order valence-corrected chi connectivity index (χ2v) is 4.44. The molecule has 1 fully saturated rings. The van der Waals surface area contributed by atoms with E-state index in [1.54, 1.807) is 19.1 Å². The van der Waals surface area contributed by atoms with Gasteiger partial charge in [0.15, 0.2) is 11.6 Å². The highest BCUT2D eigenvalue weighted by molar-refractivity contribution is 5.98. The standard InChI is InChI=1S/C14H15FO3/c1-8(14(17)18-2)12(9-6-7-9)10-4-3-5-11(16)13(10)15/h3-5,9,16H,6-7H2,1-2H3/b12-8-. The van der Waals surface area contributed by atoms with Gasteiger partial charge in [-0.05, 0) is 37.3 Å². The number of esters is 1. The fourth-order valence-electron chi connectivity index (χ4n) is 2.09. The van der Waals surface area contributed by atoms with Gasteiger partial charge in [0, 0.05) is 11.1 Å². The normalized spacial score (nSPS) is 16.2. The molecule has 0 radical (unpaired) electrons. The Balaban J connectivity index is 2.55. The summed E-state index contributed by atoms with van der Waals surface area (Å²) < 4.78 is 18.6. The van der Waals surface area contributed by atoms with Crippen LogP contribution in [0.25, 0.3) is 5.57 Å². The number of benzene rings is 1. The van der Waals surface area contributed by atoms with Crippen LogP contribution in [0.5, 0.6) is 5.75 Å². The Kier molecular flexibility index (Phi) is 3.36. The van der Waals surface area contributed by atoms with Crippen molar-refractivity contribution in [2.45, 2.75) is 19.8 Å². The smallest absolute Gasteiger partial charge is 0.333 e. The Hall–Kier alpha value is -1.84. The Morgan fingerprint density at radius 2 is 2.11 bits per heavy atom. The van der Waals surface area contributed by atoms with E-state index in [1.807, 2.05) is 0 Å². The van der Waals surface area contributed by atoms with Crippen molar-refractivity contribution in [2.24, 2.45) is 5.92 Å². The molecule has 0 spiro atoms. The summed E-state index contributed by atoms with van der Waals surface area (Å²) in [6.07, 6.45) is 1.86. The average Bonchev–Trinajstić information content (AvgIpc) is 3.18. The second-order valence-electron chi connectivity index (χ2n) is 4.44. The van der Waals surface area contributed by atoms with Gasteiger partial charge in [-0.3, -0.25) is 0 Å². The lowest BCUT2D eigenvalue weighted by Gasteiger charge is -2.12. The minimum absolute atomic E-state index is 0.181. The van der Waals surface area contributed by atoms with Gasteiger partial charge >= 0.3 is 5.97 Å². The fraction of sp³-hybridized carbons (Fsp3) is 0.357. The quantitative estimate of drug-likeness (QED) is 0.662. The molecule has 1 saturated carbocycles. The molecular weight excluding hydrogens is 235 g/mol. The molecule has 3 nitrogen and oxygen atoms in total. The number of carbonyl (C=O) groups is 1. The first-order chi connectivity index (χ1) is 8.56. The van der Waals surface area contributed by atoms with Crippen LogP contribution in [-0.2, 0) is 9.53 Å². The monoisotopic (exact) mass is 250 g/mol. The molecule has 96 valence electrons. The van der Waals surface area contributed by atoms with Crippen LogP contribution in [0.3, 0.4) is 0 Å². The number of halogens is 1. The minimum Gasteiger partial charge on any atom is -0.505 e. The SMILES string of the molecule is COC(=O)/C(C)=C(\c1cccc(O)c1F)C1CC1. The van der Waals surface area contributed by atoms with Crippen molar-refractivity contribution in [1.82, 2.24) is 0 Å². The number of hydrogen-bond donors (Lipinski definition) is 1. The van der Waals surface area contributed by atoms with Crippen LogP contribution in [-0.4, -0.2) is 18.2 Å². The largest absolute Gasteiger partial charge is 0.505 e. The predicted octanol–water partition coefficient (Wildman–Crippen LogP) is 2.89. The second kappa shape index (κ2) is 4.80. The molecule has 18 heavy (non-hydrogen) atoms. The number of phenolic OH excluding ortho intramolecular Hbond substituents is 1. The third kappa shape index (κ3) is 2.23. The minimum atomic E-state index is -0.678. The molecule has 0 atom stereocenters. The van der Waals surface area contributed by atoms with Gasteiger partial charge in [0.1, 0.15) is 0 Å². The van der Waals surface area contributed by atoms with Crippen LogP contribution in [0.4, 0.5) is 4.39 Å². The Morgan fingerprint density at radius 1 is 1.44 bits per heavy atom. The predicted molar refractivity (Wildman–Crippen MR) is 65.4 cm³/mol. The molecule has 0 bridgehead atoms. The first kappa shape index (κ1) is 12.6. The lowest BCUT2D eigenvalue weighted by Crippen LogP contribution is -2.07. The van der Waals surface area contributed by atoms with Crippen LogP contribution in [0, 0.1) is 11.7 Å². The lowest BCUT2D eigenvalue weighted by molar-refractivity contribution is -0.135. The summed E-state index contributed by atoms with van der Waals surface area (Å²) in [6.45, 7) is 1.63. The van der Waals surface area contributed by atoms with Crippen molar-refractivity contribution in [3.05, 3.63) is 35.2 Å². The summed E-state index contributed by atoms with van der Waals surface area (Å²) in [5, 5.41) is 9.41. The zero-order valence-corrected chi connectivity index (χ0v) is 10.4. The molecule has 0 unspecified atom stereocenters. The van der Waals surface area contributed by atoms with E-state index in [1.165, 1.54) is 13.2 Å². The van der Waals surface area contributed by atoms with E-state index in [0.717, 1.165) is 12.8 Å². The van der Waals surface area contributed by atoms with Gasteiger partial charge in [0.2, 0.25) is 0 Å². The maximum atomic E-state index is 13.9. The summed E-state index contributed by atoms with van der Waals surface area (Å²) in [4.78, 5) is 11.6. The Bertz CT molecular complexity index is 516. The third-order valence-corrected chi connectivity index (χ3v) is 3.15. The van der Waals surface area contributed by atoms with Gasteiger partial charge in [-0.25, -0.2) is 9.18 Å². The number of ether oxygens (including phenoxy) is 1. The first-order valence-electron chi connectivity index (χ1n) is 5.83. The molecule has 1 aliphatic rings. The molecule has 0 aromatic heterocycles. The van der Waals surface area contributed by atoms with Crippen molar-refractivity contribution in [3.8, 4) is 5.75 Å². The summed E-state index contributed by atoms with van der Waals surface area (Å²) in [7, 11) is 1.30. The summed E-state index contributed by atoms with van der Waals surface area (Å²) in [6, 6.07) is 4.44. The molecule has 1 aromatic rings. The maximum Gasteiger partial charge on any atom is 0.333 e. The van der Waals surface area contributed by atoms with Crippen molar-refractivity contribution in [3.63, 3.8) is 0 Å². The number of aromatic hydroxyl groups is 1. The topological polar surface area (TPSA) is 46.5 Å². The number of hydrogen-bond acceptors (Lipinski definition) is 3. The van der Waals surface area contributed by atoms with Crippen molar-refractivity contribution >= 4 is 11.5 Å². The molecule has 1 aromatic carbocycles. The highest BCUT2D eigenvalue weighted by atomic mass is 19.1. The highest BCUT2D eigenvalue weighted by Crippen LogP contribution is 2.45. The highest BCUT2D eigenvalue weighted by Gasteiger charge is 2.32. The van der Waals surface area contributed by atoms with E-state index in [9.17, 15) is 14.3 Å². The van der Waals surface area contributed by atoms with E-state index in [2.05, 4.69) is 4.74 Å². The van der Waals surface area contributed by atoms with Crippen molar-refractivity contribution in [2.75, 3.05) is 7.11 Å². The van der Waals surface area contributed by atoms with Gasteiger partial charge in [-0.15, -0.1) is 0 Å². The van der Waals surface area contributed by atoms with Crippen molar-refractivity contribution in [1.29, 1.82) is 0 Å². The molecule has 0 amide bonds. The van der Waals surface area contributed by atoms with Crippen LogP contribution in [0.2, 0.25) is 0 Å². The van der Waals surface area contributed by atoms with Gasteiger partial charge in [0.05, 0.1) is 7.11 Å². The molecule has 0 saturated heterocycles. The Morgan fingerprint density at radius 3 is 2.67 bits per heavy atom. The number of phenols is 1. The number of rotatable bonds is 3. The lowest BCUT2D eigenvalue weighted by atomic mass is 9.95. The molecular formula is C14H15FO3. The van der Waals surface area contributed by atoms with E-state index in [-0.39, 0.29) is 5.92 Å². The van der Waals surface area contributed by atoms with Crippen LogP contribution >= 0.6 is 0 Å². The zero-order valence-electron chi connectivity index (χ0n) is 10.4. The summed E-state index contributed by atoms with van der Waals surface area (Å²) in [5.74, 6) is -1.36.